The van der Waals surface area contributed by atoms with E-state index < -0.39 is 24.5 Å². The molecule has 18 heavy (non-hydrogen) atoms. The van der Waals surface area contributed by atoms with Gasteiger partial charge in [0.1, 0.15) is 6.54 Å². The van der Waals surface area contributed by atoms with Crippen LogP contribution in [0.1, 0.15) is 26.7 Å². The first-order valence-electron chi connectivity index (χ1n) is 5.59. The fourth-order valence-electron chi connectivity index (χ4n) is 1.54. The number of carbonyl (C=O) groups excluding carboxylic acids is 1. The summed E-state index contributed by atoms with van der Waals surface area (Å²) < 4.78 is 36.8. The molecule has 0 radical (unpaired) electrons. The smallest absolute Gasteiger partial charge is 0.406 e. The largest absolute Gasteiger partial charge is 0.409 e. The van der Waals surface area contributed by atoms with E-state index in [1.165, 1.54) is 6.92 Å². The van der Waals surface area contributed by atoms with Crippen molar-refractivity contribution in [2.45, 2.75) is 32.9 Å². The van der Waals surface area contributed by atoms with Crippen molar-refractivity contribution in [3.05, 3.63) is 0 Å². The highest BCUT2D eigenvalue weighted by molar-refractivity contribution is 6.02. The summed E-state index contributed by atoms with van der Waals surface area (Å²) in [7, 11) is 0. The molecule has 0 aliphatic rings. The van der Waals surface area contributed by atoms with E-state index in [0.717, 1.165) is 0 Å². The SMILES string of the molecule is CCCC(C(=O)N(CC)CC(F)(F)F)C(N)=NO. The van der Waals surface area contributed by atoms with Crippen molar-refractivity contribution in [2.24, 2.45) is 16.8 Å². The molecule has 106 valence electrons. The zero-order valence-electron chi connectivity index (χ0n) is 10.4. The summed E-state index contributed by atoms with van der Waals surface area (Å²) in [6.07, 6.45) is -3.69. The number of hydrogen-bond acceptors (Lipinski definition) is 3. The van der Waals surface area contributed by atoms with Gasteiger partial charge in [0, 0.05) is 6.54 Å². The number of hydrogen-bond donors (Lipinski definition) is 2. The number of rotatable bonds is 6. The fraction of sp³-hybridized carbons (Fsp3) is 0.800. The van der Waals surface area contributed by atoms with Crippen molar-refractivity contribution in [2.75, 3.05) is 13.1 Å². The summed E-state index contributed by atoms with van der Waals surface area (Å²) in [6, 6.07) is 0. The average molecular weight is 269 g/mol. The molecule has 0 bridgehead atoms. The summed E-state index contributed by atoms with van der Waals surface area (Å²) in [6.45, 7) is 1.78. The number of alkyl halides is 3. The summed E-state index contributed by atoms with van der Waals surface area (Å²) >= 11 is 0. The van der Waals surface area contributed by atoms with E-state index in [-0.39, 0.29) is 18.8 Å². The van der Waals surface area contributed by atoms with Gasteiger partial charge >= 0.3 is 6.18 Å². The van der Waals surface area contributed by atoms with E-state index in [2.05, 4.69) is 5.16 Å². The molecule has 1 unspecified atom stereocenters. The average Bonchev–Trinajstić information content (AvgIpc) is 2.30. The third-order valence-corrected chi connectivity index (χ3v) is 2.41. The van der Waals surface area contributed by atoms with E-state index in [1.54, 1.807) is 6.92 Å². The Morgan fingerprint density at radius 1 is 1.44 bits per heavy atom. The molecule has 0 rings (SSSR count). The van der Waals surface area contributed by atoms with Crippen molar-refractivity contribution in [1.82, 2.24) is 4.90 Å². The second kappa shape index (κ2) is 7.07. The third-order valence-electron chi connectivity index (χ3n) is 2.41. The van der Waals surface area contributed by atoms with Crippen LogP contribution in [0.25, 0.3) is 0 Å². The predicted molar refractivity (Wildman–Crippen MR) is 60.1 cm³/mol. The van der Waals surface area contributed by atoms with Crippen LogP contribution >= 0.6 is 0 Å². The van der Waals surface area contributed by atoms with Crippen LogP contribution in [0.2, 0.25) is 0 Å². The van der Waals surface area contributed by atoms with Crippen molar-refractivity contribution in [3.8, 4) is 0 Å². The Balaban J connectivity index is 4.92. The van der Waals surface area contributed by atoms with Crippen molar-refractivity contribution < 1.29 is 23.2 Å². The van der Waals surface area contributed by atoms with Crippen LogP contribution < -0.4 is 5.73 Å². The van der Waals surface area contributed by atoms with E-state index in [1.807, 2.05) is 0 Å². The van der Waals surface area contributed by atoms with Crippen molar-refractivity contribution >= 4 is 11.7 Å². The molecule has 8 heteroatoms. The zero-order chi connectivity index (χ0) is 14.3. The second-order valence-corrected chi connectivity index (χ2v) is 3.83. The quantitative estimate of drug-likeness (QED) is 0.332. The lowest BCUT2D eigenvalue weighted by Crippen LogP contribution is -2.45. The Kier molecular flexibility index (Phi) is 6.50. The van der Waals surface area contributed by atoms with Crippen LogP contribution in [0, 0.1) is 5.92 Å². The van der Waals surface area contributed by atoms with Gasteiger partial charge in [0.15, 0.2) is 5.84 Å². The fourth-order valence-corrected chi connectivity index (χ4v) is 1.54. The van der Waals surface area contributed by atoms with Gasteiger partial charge in [-0.1, -0.05) is 18.5 Å². The van der Waals surface area contributed by atoms with Gasteiger partial charge in [-0.3, -0.25) is 4.79 Å². The summed E-state index contributed by atoms with van der Waals surface area (Å²) in [5.41, 5.74) is 5.33. The molecule has 0 saturated heterocycles. The highest BCUT2D eigenvalue weighted by Gasteiger charge is 2.35. The number of nitrogens with zero attached hydrogens (tertiary/aromatic N) is 2. The number of amides is 1. The minimum atomic E-state index is -4.46. The minimum Gasteiger partial charge on any atom is -0.409 e. The molecule has 0 fully saturated rings. The third kappa shape index (κ3) is 5.24. The Morgan fingerprint density at radius 3 is 2.33 bits per heavy atom. The van der Waals surface area contributed by atoms with E-state index in [4.69, 9.17) is 10.9 Å². The Bertz CT molecular complexity index is 305. The molecule has 3 N–H and O–H groups in total. The van der Waals surface area contributed by atoms with Gasteiger partial charge in [0.2, 0.25) is 5.91 Å². The highest BCUT2D eigenvalue weighted by Crippen LogP contribution is 2.19. The number of halogens is 3. The lowest BCUT2D eigenvalue weighted by Gasteiger charge is -2.26. The molecular weight excluding hydrogens is 251 g/mol. The van der Waals surface area contributed by atoms with Gasteiger partial charge in [-0.05, 0) is 13.3 Å². The molecule has 0 aromatic carbocycles. The van der Waals surface area contributed by atoms with Crippen molar-refractivity contribution in [3.63, 3.8) is 0 Å². The van der Waals surface area contributed by atoms with Crippen LogP contribution in [0.4, 0.5) is 13.2 Å². The Morgan fingerprint density at radius 2 is 2.00 bits per heavy atom. The maximum Gasteiger partial charge on any atom is 0.406 e. The molecule has 0 aromatic rings. The van der Waals surface area contributed by atoms with Crippen LogP contribution in [-0.2, 0) is 4.79 Å². The predicted octanol–water partition coefficient (Wildman–Crippen LogP) is 1.56. The number of carbonyl (C=O) groups is 1. The minimum absolute atomic E-state index is 0.0860. The van der Waals surface area contributed by atoms with Crippen molar-refractivity contribution in [1.29, 1.82) is 0 Å². The molecule has 1 atom stereocenters. The first-order chi connectivity index (χ1) is 8.26. The molecule has 0 aliphatic carbocycles. The molecule has 0 aliphatic heterocycles. The van der Waals surface area contributed by atoms with Gasteiger partial charge in [0.25, 0.3) is 0 Å². The first-order valence-corrected chi connectivity index (χ1v) is 5.59. The number of amidine groups is 1. The standard InChI is InChI=1S/C10H18F3N3O2/c1-3-5-7(8(14)15-18)9(17)16(4-2)6-10(11,12)13/h7,18H,3-6H2,1-2H3,(H2,14,15). The van der Waals surface area contributed by atoms with Crippen LogP contribution in [0.3, 0.4) is 0 Å². The Hall–Kier alpha value is -1.47. The maximum atomic E-state index is 12.3. The number of oxime groups is 1. The normalized spacial score (nSPS) is 14.4. The van der Waals surface area contributed by atoms with Gasteiger partial charge < -0.3 is 15.8 Å². The monoisotopic (exact) mass is 269 g/mol. The lowest BCUT2D eigenvalue weighted by atomic mass is 10.0. The van der Waals surface area contributed by atoms with Crippen LogP contribution in [-0.4, -0.2) is 41.1 Å². The molecule has 0 heterocycles. The molecule has 0 saturated carbocycles. The van der Waals surface area contributed by atoms with Gasteiger partial charge in [0.05, 0.1) is 5.92 Å². The van der Waals surface area contributed by atoms with Crippen LogP contribution in [0.5, 0.6) is 0 Å². The molecular formula is C10H18F3N3O2. The topological polar surface area (TPSA) is 78.9 Å². The molecule has 1 amide bonds. The number of nitrogens with two attached hydrogens (primary N) is 1. The zero-order valence-corrected chi connectivity index (χ0v) is 10.4. The van der Waals surface area contributed by atoms with Gasteiger partial charge in [-0.2, -0.15) is 13.2 Å². The van der Waals surface area contributed by atoms with Crippen LogP contribution in [0.15, 0.2) is 5.16 Å². The van der Waals surface area contributed by atoms with E-state index >= 15 is 0 Å². The highest BCUT2D eigenvalue weighted by atomic mass is 19.4. The van der Waals surface area contributed by atoms with Gasteiger partial charge in [-0.15, -0.1) is 0 Å². The molecule has 0 aromatic heterocycles. The summed E-state index contributed by atoms with van der Waals surface area (Å²) in [5, 5.41) is 11.2. The Labute approximate surface area is 103 Å². The van der Waals surface area contributed by atoms with Gasteiger partial charge in [-0.25, -0.2) is 0 Å². The van der Waals surface area contributed by atoms with E-state index in [0.29, 0.717) is 11.3 Å². The first kappa shape index (κ1) is 16.5. The maximum absolute atomic E-state index is 12.3. The molecule has 0 spiro atoms. The molecule has 5 nitrogen and oxygen atoms in total. The second-order valence-electron chi connectivity index (χ2n) is 3.83. The lowest BCUT2D eigenvalue weighted by molar-refractivity contribution is -0.162. The summed E-state index contributed by atoms with van der Waals surface area (Å²) in [4.78, 5) is 12.5. The van der Waals surface area contributed by atoms with E-state index in [9.17, 15) is 18.0 Å². The summed E-state index contributed by atoms with van der Waals surface area (Å²) in [5.74, 6) is -2.14.